The van der Waals surface area contributed by atoms with Crippen LogP contribution in [0.2, 0.25) is 0 Å². The average Bonchev–Trinajstić information content (AvgIpc) is 2.52. The van der Waals surface area contributed by atoms with Crippen LogP contribution in [0, 0.1) is 5.92 Å². The Morgan fingerprint density at radius 1 is 1.35 bits per heavy atom. The van der Waals surface area contributed by atoms with Crippen LogP contribution in [-0.2, 0) is 25.5 Å². The summed E-state index contributed by atoms with van der Waals surface area (Å²) in [7, 11) is 0. The van der Waals surface area contributed by atoms with Crippen molar-refractivity contribution in [1.82, 2.24) is 5.32 Å². The third kappa shape index (κ3) is 5.37. The zero-order valence-electron chi connectivity index (χ0n) is 12.7. The van der Waals surface area contributed by atoms with Gasteiger partial charge in [-0.15, -0.1) is 0 Å². The van der Waals surface area contributed by atoms with Gasteiger partial charge in [-0.3, -0.25) is 9.59 Å². The lowest BCUT2D eigenvalue weighted by Crippen LogP contribution is -2.32. The van der Waals surface area contributed by atoms with E-state index in [1.54, 1.807) is 0 Å². The summed E-state index contributed by atoms with van der Waals surface area (Å²) in [6.45, 7) is 0.0265. The van der Waals surface area contributed by atoms with Crippen molar-refractivity contribution in [3.05, 3.63) is 29.8 Å². The Balaban J connectivity index is 1.68. The second-order valence-electron chi connectivity index (χ2n) is 5.38. The molecular formula is C16H20N2O5. The van der Waals surface area contributed by atoms with Crippen LogP contribution in [-0.4, -0.2) is 42.6 Å². The third-order valence-electron chi connectivity index (χ3n) is 3.63. The van der Waals surface area contributed by atoms with Gasteiger partial charge >= 0.3 is 5.97 Å². The monoisotopic (exact) mass is 320 g/mol. The van der Waals surface area contributed by atoms with Crippen molar-refractivity contribution in [3.63, 3.8) is 0 Å². The quantitative estimate of drug-likeness (QED) is 0.614. The summed E-state index contributed by atoms with van der Waals surface area (Å²) < 4.78 is 4.82. The van der Waals surface area contributed by atoms with E-state index in [0.29, 0.717) is 12.8 Å². The van der Waals surface area contributed by atoms with Crippen LogP contribution in [0.5, 0.6) is 0 Å². The second-order valence-corrected chi connectivity index (χ2v) is 5.38. The number of hydrogen-bond acceptors (Lipinski definition) is 4. The molecule has 124 valence electrons. The largest absolute Gasteiger partial charge is 0.480 e. The van der Waals surface area contributed by atoms with Gasteiger partial charge in [0, 0.05) is 24.6 Å². The molecular weight excluding hydrogens is 300 g/mol. The van der Waals surface area contributed by atoms with Crippen LogP contribution in [0.25, 0.3) is 0 Å². The number of amides is 2. The topological polar surface area (TPSA) is 105 Å². The van der Waals surface area contributed by atoms with E-state index in [1.807, 2.05) is 24.3 Å². The normalized spacial score (nSPS) is 16.3. The van der Waals surface area contributed by atoms with Crippen molar-refractivity contribution >= 4 is 23.5 Å². The van der Waals surface area contributed by atoms with Gasteiger partial charge in [0.2, 0.25) is 11.8 Å². The van der Waals surface area contributed by atoms with Crippen molar-refractivity contribution in [3.8, 4) is 0 Å². The number of para-hydroxylation sites is 1. The summed E-state index contributed by atoms with van der Waals surface area (Å²) in [4.78, 5) is 34.0. The number of ether oxygens (including phenoxy) is 1. The Hall–Kier alpha value is -2.41. The first kappa shape index (κ1) is 17.0. The molecule has 1 heterocycles. The molecule has 1 aliphatic rings. The smallest absolute Gasteiger partial charge is 0.329 e. The lowest BCUT2D eigenvalue weighted by atomic mass is 9.89. The van der Waals surface area contributed by atoms with Gasteiger partial charge in [0.15, 0.2) is 0 Å². The maximum atomic E-state index is 12.0. The summed E-state index contributed by atoms with van der Waals surface area (Å²) in [5, 5.41) is 13.9. The number of carbonyl (C=O) groups is 3. The first-order valence-electron chi connectivity index (χ1n) is 7.51. The van der Waals surface area contributed by atoms with E-state index in [1.165, 1.54) is 0 Å². The van der Waals surface area contributed by atoms with Crippen molar-refractivity contribution in [2.45, 2.75) is 19.3 Å². The number of fused-ring (bicyclic) bond motifs is 1. The molecule has 1 aliphatic heterocycles. The highest BCUT2D eigenvalue weighted by Gasteiger charge is 2.26. The highest BCUT2D eigenvalue weighted by Crippen LogP contribution is 2.27. The molecule has 2 rings (SSSR count). The summed E-state index contributed by atoms with van der Waals surface area (Å²) in [6, 6.07) is 7.64. The zero-order valence-corrected chi connectivity index (χ0v) is 12.7. The lowest BCUT2D eigenvalue weighted by molar-refractivity contribution is -0.142. The molecule has 0 fully saturated rings. The molecule has 1 atom stereocenters. The van der Waals surface area contributed by atoms with Crippen LogP contribution in [0.15, 0.2) is 24.3 Å². The number of carboxylic acid groups (broad SMARTS) is 1. The van der Waals surface area contributed by atoms with Crippen molar-refractivity contribution in [2.24, 2.45) is 5.92 Å². The zero-order chi connectivity index (χ0) is 16.7. The maximum absolute atomic E-state index is 12.0. The van der Waals surface area contributed by atoms with E-state index in [9.17, 15) is 14.4 Å². The molecule has 2 amide bonds. The Morgan fingerprint density at radius 2 is 2.13 bits per heavy atom. The fourth-order valence-corrected chi connectivity index (χ4v) is 2.46. The fraction of sp³-hybridized carbons (Fsp3) is 0.438. The first-order valence-corrected chi connectivity index (χ1v) is 7.51. The van der Waals surface area contributed by atoms with Crippen LogP contribution in [0.1, 0.15) is 18.4 Å². The lowest BCUT2D eigenvalue weighted by Gasteiger charge is -2.24. The SMILES string of the molecule is O=C(O)COCCNC(=O)CCC1Cc2ccccc2NC1=O. The van der Waals surface area contributed by atoms with Crippen LogP contribution < -0.4 is 10.6 Å². The predicted molar refractivity (Wildman–Crippen MR) is 83.0 cm³/mol. The van der Waals surface area contributed by atoms with Crippen molar-refractivity contribution < 1.29 is 24.2 Å². The molecule has 1 aromatic rings. The summed E-state index contributed by atoms with van der Waals surface area (Å²) in [5.74, 6) is -1.48. The van der Waals surface area contributed by atoms with Gasteiger partial charge in [0.05, 0.1) is 6.61 Å². The molecule has 0 radical (unpaired) electrons. The number of aliphatic carboxylic acids is 1. The average molecular weight is 320 g/mol. The number of carbonyl (C=O) groups excluding carboxylic acids is 2. The van der Waals surface area contributed by atoms with Gasteiger partial charge in [-0.2, -0.15) is 0 Å². The second kappa shape index (κ2) is 8.28. The molecule has 0 saturated carbocycles. The standard InChI is InChI=1S/C16H20N2O5/c19-14(17-7-8-23-10-15(20)21)6-5-12-9-11-3-1-2-4-13(11)18-16(12)22/h1-4,12H,5-10H2,(H,17,19)(H,18,22)(H,20,21). The summed E-state index contributed by atoms with van der Waals surface area (Å²) in [5.41, 5.74) is 1.92. The van der Waals surface area contributed by atoms with E-state index in [0.717, 1.165) is 11.3 Å². The van der Waals surface area contributed by atoms with Gasteiger partial charge < -0.3 is 20.5 Å². The van der Waals surface area contributed by atoms with Crippen molar-refractivity contribution in [2.75, 3.05) is 25.1 Å². The highest BCUT2D eigenvalue weighted by molar-refractivity contribution is 5.96. The summed E-state index contributed by atoms with van der Waals surface area (Å²) >= 11 is 0. The van der Waals surface area contributed by atoms with Crippen molar-refractivity contribution in [1.29, 1.82) is 0 Å². The molecule has 0 saturated heterocycles. The molecule has 7 heteroatoms. The predicted octanol–water partition coefficient (Wildman–Crippen LogP) is 0.795. The molecule has 1 unspecified atom stereocenters. The number of benzene rings is 1. The van der Waals surface area contributed by atoms with Gasteiger partial charge in [0.25, 0.3) is 0 Å². The number of hydrogen-bond donors (Lipinski definition) is 3. The molecule has 7 nitrogen and oxygen atoms in total. The summed E-state index contributed by atoms with van der Waals surface area (Å²) in [6.07, 6.45) is 1.36. The van der Waals surface area contributed by atoms with Crippen LogP contribution in [0.3, 0.4) is 0 Å². The number of carboxylic acids is 1. The molecule has 0 aromatic heterocycles. The minimum atomic E-state index is -1.04. The van der Waals surface area contributed by atoms with Gasteiger partial charge in [-0.05, 0) is 24.5 Å². The number of anilines is 1. The number of rotatable bonds is 8. The molecule has 3 N–H and O–H groups in total. The van der Waals surface area contributed by atoms with E-state index >= 15 is 0 Å². The van der Waals surface area contributed by atoms with E-state index in [-0.39, 0.29) is 43.9 Å². The van der Waals surface area contributed by atoms with Gasteiger partial charge in [0.1, 0.15) is 6.61 Å². The minimum absolute atomic E-state index is 0.0544. The first-order chi connectivity index (χ1) is 11.1. The molecule has 1 aromatic carbocycles. The Labute approximate surface area is 134 Å². The Kier molecular flexibility index (Phi) is 6.10. The molecule has 23 heavy (non-hydrogen) atoms. The van der Waals surface area contributed by atoms with Crippen LogP contribution in [0.4, 0.5) is 5.69 Å². The van der Waals surface area contributed by atoms with Gasteiger partial charge in [-0.25, -0.2) is 4.79 Å². The molecule has 0 spiro atoms. The minimum Gasteiger partial charge on any atom is -0.480 e. The van der Waals surface area contributed by atoms with Crippen LogP contribution >= 0.6 is 0 Å². The fourth-order valence-electron chi connectivity index (χ4n) is 2.46. The maximum Gasteiger partial charge on any atom is 0.329 e. The highest BCUT2D eigenvalue weighted by atomic mass is 16.5. The van der Waals surface area contributed by atoms with E-state index < -0.39 is 5.97 Å². The Bertz CT molecular complexity index is 588. The third-order valence-corrected chi connectivity index (χ3v) is 3.63. The molecule has 0 bridgehead atoms. The Morgan fingerprint density at radius 3 is 2.91 bits per heavy atom. The van der Waals surface area contributed by atoms with E-state index in [4.69, 9.17) is 9.84 Å². The number of nitrogens with one attached hydrogen (secondary N) is 2. The molecule has 0 aliphatic carbocycles. The van der Waals surface area contributed by atoms with Gasteiger partial charge in [-0.1, -0.05) is 18.2 Å². The van der Waals surface area contributed by atoms with E-state index in [2.05, 4.69) is 10.6 Å².